The second kappa shape index (κ2) is 6.94. The quantitative estimate of drug-likeness (QED) is 0.686. The van der Waals surface area contributed by atoms with E-state index in [1.807, 2.05) is 0 Å². The zero-order chi connectivity index (χ0) is 21.0. The average molecular weight is 417 g/mol. The van der Waals surface area contributed by atoms with E-state index in [1.54, 1.807) is 6.33 Å². The number of rotatable bonds is 3. The van der Waals surface area contributed by atoms with Gasteiger partial charge in [0.15, 0.2) is 5.65 Å². The van der Waals surface area contributed by atoms with Crippen molar-refractivity contribution in [3.05, 3.63) is 35.7 Å². The number of hydrogen-bond donors (Lipinski definition) is 1. The highest BCUT2D eigenvalue weighted by Crippen LogP contribution is 2.48. The van der Waals surface area contributed by atoms with Gasteiger partial charge in [-0.2, -0.15) is 13.2 Å². The molecule has 9 heteroatoms. The Labute approximate surface area is 171 Å². The van der Waals surface area contributed by atoms with E-state index in [-0.39, 0.29) is 17.5 Å². The van der Waals surface area contributed by atoms with Crippen molar-refractivity contribution in [3.8, 4) is 17.0 Å². The summed E-state index contributed by atoms with van der Waals surface area (Å²) in [6.45, 7) is 1.98. The smallest absolute Gasteiger partial charge is 0.416 e. The van der Waals surface area contributed by atoms with E-state index in [9.17, 15) is 18.3 Å². The lowest BCUT2D eigenvalue weighted by molar-refractivity contribution is -0.137. The van der Waals surface area contributed by atoms with Gasteiger partial charge in [-0.1, -0.05) is 0 Å². The highest BCUT2D eigenvalue weighted by atomic mass is 19.4. The minimum Gasteiger partial charge on any atom is -0.507 e. The summed E-state index contributed by atoms with van der Waals surface area (Å²) in [4.78, 5) is 6.91. The van der Waals surface area contributed by atoms with E-state index in [1.165, 1.54) is 6.07 Å². The van der Waals surface area contributed by atoms with Gasteiger partial charge in [0.1, 0.15) is 17.0 Å². The van der Waals surface area contributed by atoms with E-state index in [2.05, 4.69) is 31.7 Å². The number of likely N-dealkylation sites (tertiary alicyclic amines) is 1. The molecule has 6 nitrogen and oxygen atoms in total. The third-order valence-corrected chi connectivity index (χ3v) is 6.08. The average Bonchev–Trinajstić information content (AvgIpc) is 3.44. The Bertz CT molecular complexity index is 1110. The van der Waals surface area contributed by atoms with Crippen LogP contribution in [0.3, 0.4) is 0 Å². The topological polar surface area (TPSA) is 67.1 Å². The first-order valence-electron chi connectivity index (χ1n) is 10.1. The summed E-state index contributed by atoms with van der Waals surface area (Å²) in [5.74, 6) is -0.217. The Morgan fingerprint density at radius 3 is 2.60 bits per heavy atom. The van der Waals surface area contributed by atoms with Crippen LogP contribution in [0.1, 0.15) is 48.8 Å². The van der Waals surface area contributed by atoms with Gasteiger partial charge in [-0.05, 0) is 63.4 Å². The van der Waals surface area contributed by atoms with Crippen LogP contribution in [0.15, 0.2) is 24.5 Å². The van der Waals surface area contributed by atoms with Crippen LogP contribution < -0.4 is 0 Å². The summed E-state index contributed by atoms with van der Waals surface area (Å²) in [5, 5.41) is 19.1. The third-order valence-electron chi connectivity index (χ3n) is 6.08. The molecular formula is C21H22F3N5O. The summed E-state index contributed by atoms with van der Waals surface area (Å²) < 4.78 is 41.0. The Balaban J connectivity index is 1.61. The first-order valence-corrected chi connectivity index (χ1v) is 10.1. The number of phenolic OH excluding ortho intramolecular Hbond substituents is 1. The van der Waals surface area contributed by atoms with Crippen molar-refractivity contribution < 1.29 is 18.3 Å². The van der Waals surface area contributed by atoms with Gasteiger partial charge in [-0.3, -0.25) is 0 Å². The number of phenols is 1. The van der Waals surface area contributed by atoms with Gasteiger partial charge in [0.05, 0.1) is 11.9 Å². The minimum atomic E-state index is -4.52. The number of alkyl halides is 3. The van der Waals surface area contributed by atoms with Crippen molar-refractivity contribution in [1.82, 2.24) is 24.6 Å². The van der Waals surface area contributed by atoms with Crippen molar-refractivity contribution in [2.75, 3.05) is 20.1 Å². The second-order valence-electron chi connectivity index (χ2n) is 8.35. The maximum atomic E-state index is 13.0. The van der Waals surface area contributed by atoms with Gasteiger partial charge in [0.25, 0.3) is 0 Å². The summed E-state index contributed by atoms with van der Waals surface area (Å²) in [5.41, 5.74) is 2.09. The number of aromatic hydroxyl groups is 1. The molecule has 0 amide bonds. The van der Waals surface area contributed by atoms with Crippen molar-refractivity contribution >= 4 is 11.2 Å². The van der Waals surface area contributed by atoms with Gasteiger partial charge in [-0.15, -0.1) is 10.2 Å². The fourth-order valence-corrected chi connectivity index (χ4v) is 4.41. The largest absolute Gasteiger partial charge is 0.507 e. The molecule has 1 aromatic carbocycles. The number of likely N-dealkylation sites (N-methyl/N-ethyl adjacent to an activating group) is 1. The monoisotopic (exact) mass is 417 g/mol. The molecule has 1 aliphatic carbocycles. The molecule has 2 aromatic heterocycles. The first-order chi connectivity index (χ1) is 14.3. The Morgan fingerprint density at radius 2 is 1.93 bits per heavy atom. The molecule has 1 aliphatic heterocycles. The second-order valence-corrected chi connectivity index (χ2v) is 8.35. The maximum Gasteiger partial charge on any atom is 0.416 e. The highest BCUT2D eigenvalue weighted by Gasteiger charge is 2.35. The predicted octanol–water partition coefficient (Wildman–Crippen LogP) is 4.36. The van der Waals surface area contributed by atoms with Crippen molar-refractivity contribution in [2.45, 2.75) is 43.8 Å². The Morgan fingerprint density at radius 1 is 1.13 bits per heavy atom. The van der Waals surface area contributed by atoms with Crippen LogP contribution in [0.25, 0.3) is 22.4 Å². The fourth-order valence-electron chi connectivity index (χ4n) is 4.41. The van der Waals surface area contributed by atoms with Crippen LogP contribution in [0.4, 0.5) is 13.2 Å². The van der Waals surface area contributed by atoms with Crippen LogP contribution in [0.2, 0.25) is 0 Å². The van der Waals surface area contributed by atoms with Gasteiger partial charge in [0.2, 0.25) is 0 Å². The summed E-state index contributed by atoms with van der Waals surface area (Å²) in [6, 6.07) is 3.25. The lowest BCUT2D eigenvalue weighted by Crippen LogP contribution is -2.33. The standard InChI is InChI=1S/C21H22F3N5O/c1-28-8-2-3-14(10-28)29-11-25-19-17(12-4-5-12)18(26-27-20(19)29)15-7-6-13(9-16(15)30)21(22,23)24/h6-7,9,11-12,14,30H,2-5,8,10H2,1H3/t14-/m1/s1. The van der Waals surface area contributed by atoms with Crippen LogP contribution >= 0.6 is 0 Å². The molecule has 3 aromatic rings. The van der Waals surface area contributed by atoms with Crippen LogP contribution in [-0.2, 0) is 6.18 Å². The van der Waals surface area contributed by atoms with Gasteiger partial charge >= 0.3 is 6.18 Å². The normalized spacial score (nSPS) is 20.7. The molecule has 2 fully saturated rings. The van der Waals surface area contributed by atoms with E-state index >= 15 is 0 Å². The predicted molar refractivity (Wildman–Crippen MR) is 105 cm³/mol. The number of piperidine rings is 1. The minimum absolute atomic E-state index is 0.233. The molecule has 0 unspecified atom stereocenters. The molecular weight excluding hydrogens is 395 g/mol. The van der Waals surface area contributed by atoms with Crippen LogP contribution in [-0.4, -0.2) is 49.9 Å². The number of halogens is 3. The number of imidazole rings is 1. The van der Waals surface area contributed by atoms with Crippen molar-refractivity contribution in [3.63, 3.8) is 0 Å². The van der Waals surface area contributed by atoms with E-state index in [0.717, 1.165) is 62.0 Å². The molecule has 1 saturated heterocycles. The molecule has 1 atom stereocenters. The van der Waals surface area contributed by atoms with Gasteiger partial charge in [0, 0.05) is 23.7 Å². The zero-order valence-electron chi connectivity index (χ0n) is 16.5. The number of benzene rings is 1. The number of hydrogen-bond acceptors (Lipinski definition) is 5. The fraction of sp³-hybridized carbons (Fsp3) is 0.476. The number of aromatic nitrogens is 4. The number of fused-ring (bicyclic) bond motifs is 1. The maximum absolute atomic E-state index is 13.0. The lowest BCUT2D eigenvalue weighted by Gasteiger charge is -2.30. The molecule has 0 spiro atoms. The van der Waals surface area contributed by atoms with Crippen LogP contribution in [0.5, 0.6) is 5.75 Å². The van der Waals surface area contributed by atoms with E-state index in [4.69, 9.17) is 0 Å². The van der Waals surface area contributed by atoms with Gasteiger partial charge < -0.3 is 14.6 Å². The molecule has 2 aliphatic rings. The van der Waals surface area contributed by atoms with E-state index < -0.39 is 17.5 Å². The molecule has 1 saturated carbocycles. The van der Waals surface area contributed by atoms with Crippen molar-refractivity contribution in [2.24, 2.45) is 0 Å². The van der Waals surface area contributed by atoms with E-state index in [0.29, 0.717) is 11.3 Å². The number of nitrogens with zero attached hydrogens (tertiary/aromatic N) is 5. The van der Waals surface area contributed by atoms with Crippen molar-refractivity contribution in [1.29, 1.82) is 0 Å². The first kappa shape index (κ1) is 19.3. The molecule has 30 heavy (non-hydrogen) atoms. The highest BCUT2D eigenvalue weighted by molar-refractivity contribution is 5.84. The molecule has 158 valence electrons. The summed E-state index contributed by atoms with van der Waals surface area (Å²) >= 11 is 0. The molecule has 0 radical (unpaired) electrons. The molecule has 3 heterocycles. The Kier molecular flexibility index (Phi) is 4.46. The summed E-state index contributed by atoms with van der Waals surface area (Å²) in [6.07, 6.45) is 1.35. The SMILES string of the molecule is CN1CCC[C@@H](n2cnc3c(C4CC4)c(-c4ccc(C(F)(F)F)cc4O)nnc32)C1. The molecule has 5 rings (SSSR count). The summed E-state index contributed by atoms with van der Waals surface area (Å²) in [7, 11) is 2.10. The Hall–Kier alpha value is -2.68. The van der Waals surface area contributed by atoms with Gasteiger partial charge in [-0.25, -0.2) is 4.98 Å². The molecule has 1 N–H and O–H groups in total. The van der Waals surface area contributed by atoms with Crippen LogP contribution in [0, 0.1) is 0 Å². The molecule has 0 bridgehead atoms. The zero-order valence-corrected chi connectivity index (χ0v) is 16.5. The third kappa shape index (κ3) is 3.30. The lowest BCUT2D eigenvalue weighted by atomic mass is 9.99.